The number of benzene rings is 1. The highest BCUT2D eigenvalue weighted by Gasteiger charge is 2.21. The number of carbonyl (C=O) groups excluding carboxylic acids is 1. The molecule has 0 radical (unpaired) electrons. The van der Waals surface area contributed by atoms with E-state index in [-0.39, 0.29) is 5.78 Å². The summed E-state index contributed by atoms with van der Waals surface area (Å²) in [6.07, 6.45) is 1.39. The van der Waals surface area contributed by atoms with Crippen molar-refractivity contribution in [2.24, 2.45) is 5.92 Å². The van der Waals surface area contributed by atoms with E-state index in [1.54, 1.807) is 24.3 Å². The summed E-state index contributed by atoms with van der Waals surface area (Å²) in [7, 11) is 0. The Hall–Kier alpha value is -1.33. The lowest BCUT2D eigenvalue weighted by atomic mass is 9.90. The molecule has 0 amide bonds. The van der Waals surface area contributed by atoms with Gasteiger partial charge in [-0.1, -0.05) is 44.0 Å². The maximum atomic E-state index is 12.0. The molecule has 0 saturated heterocycles. The normalized spacial score (nSPS) is 13.8. The van der Waals surface area contributed by atoms with Crippen molar-refractivity contribution in [1.82, 2.24) is 0 Å². The van der Waals surface area contributed by atoms with Gasteiger partial charge in [-0.05, 0) is 23.6 Å². The Labute approximate surface area is 107 Å². The largest absolute Gasteiger partial charge is 0.298 e. The lowest BCUT2D eigenvalue weighted by molar-refractivity contribution is -0.120. The Morgan fingerprint density at radius 2 is 2.24 bits per heavy atom. The van der Waals surface area contributed by atoms with Crippen molar-refractivity contribution in [3.63, 3.8) is 0 Å². The van der Waals surface area contributed by atoms with Crippen LogP contribution in [0.4, 0.5) is 0 Å². The predicted octanol–water partition coefficient (Wildman–Crippen LogP) is 3.95. The van der Waals surface area contributed by atoms with Gasteiger partial charge in [0.15, 0.2) is 5.78 Å². The van der Waals surface area contributed by atoms with Gasteiger partial charge in [-0.15, -0.1) is 0 Å². The van der Waals surface area contributed by atoms with Gasteiger partial charge >= 0.3 is 0 Å². The van der Waals surface area contributed by atoms with Crippen LogP contribution < -0.4 is 0 Å². The Kier molecular flexibility index (Phi) is 5.18. The van der Waals surface area contributed by atoms with Crippen LogP contribution in [0.2, 0.25) is 5.02 Å². The first-order chi connectivity index (χ1) is 8.08. The van der Waals surface area contributed by atoms with Crippen molar-refractivity contribution in [2.45, 2.75) is 32.6 Å². The summed E-state index contributed by atoms with van der Waals surface area (Å²) >= 11 is 5.86. The van der Waals surface area contributed by atoms with Crippen molar-refractivity contribution >= 4 is 17.4 Å². The summed E-state index contributed by atoms with van der Waals surface area (Å²) < 4.78 is 0. The van der Waals surface area contributed by atoms with E-state index in [1.165, 1.54) is 0 Å². The zero-order valence-corrected chi connectivity index (χ0v) is 10.9. The number of nitrogens with zero attached hydrogens (tertiary/aromatic N) is 1. The molecular formula is C14H16ClNO. The molecule has 0 bridgehead atoms. The first kappa shape index (κ1) is 13.7. The third kappa shape index (κ3) is 3.87. The van der Waals surface area contributed by atoms with Crippen LogP contribution in [0.3, 0.4) is 0 Å². The molecule has 0 aliphatic heterocycles. The number of rotatable bonds is 5. The van der Waals surface area contributed by atoms with E-state index in [9.17, 15) is 4.79 Å². The van der Waals surface area contributed by atoms with Crippen LogP contribution in [0.15, 0.2) is 24.3 Å². The molecule has 0 aliphatic carbocycles. The summed E-state index contributed by atoms with van der Waals surface area (Å²) in [5, 5.41) is 9.67. The molecular weight excluding hydrogens is 234 g/mol. The lowest BCUT2D eigenvalue weighted by Crippen LogP contribution is -2.14. The third-order valence-corrected chi connectivity index (χ3v) is 3.11. The second-order valence-electron chi connectivity index (χ2n) is 4.30. The third-order valence-electron chi connectivity index (χ3n) is 2.88. The average Bonchev–Trinajstić information content (AvgIpc) is 2.30. The molecule has 0 saturated carbocycles. The summed E-state index contributed by atoms with van der Waals surface area (Å²) in [4.78, 5) is 12.0. The Bertz CT molecular complexity index is 436. The Morgan fingerprint density at radius 3 is 2.76 bits per heavy atom. The molecule has 1 aromatic rings. The summed E-state index contributed by atoms with van der Waals surface area (Å²) in [6.45, 7) is 4.06. The number of ketones is 1. The molecule has 0 fully saturated rings. The molecule has 0 spiro atoms. The molecule has 0 N–H and O–H groups in total. The van der Waals surface area contributed by atoms with Crippen LogP contribution in [-0.4, -0.2) is 5.78 Å². The van der Waals surface area contributed by atoms with E-state index in [1.807, 2.05) is 13.8 Å². The molecule has 17 heavy (non-hydrogen) atoms. The zero-order valence-electron chi connectivity index (χ0n) is 10.1. The minimum atomic E-state index is -0.692. The van der Waals surface area contributed by atoms with Crippen LogP contribution >= 0.6 is 11.6 Å². The fraction of sp³-hybridized carbons (Fsp3) is 0.429. The summed E-state index contributed by atoms with van der Waals surface area (Å²) in [6, 6.07) is 9.02. The van der Waals surface area contributed by atoms with Crippen LogP contribution in [0, 0.1) is 17.2 Å². The van der Waals surface area contributed by atoms with E-state index < -0.39 is 5.92 Å². The molecule has 2 nitrogen and oxygen atoms in total. The molecule has 90 valence electrons. The van der Waals surface area contributed by atoms with Crippen LogP contribution in [0.1, 0.15) is 38.2 Å². The van der Waals surface area contributed by atoms with Gasteiger partial charge in [-0.3, -0.25) is 4.79 Å². The fourth-order valence-corrected chi connectivity index (χ4v) is 1.82. The number of nitriles is 1. The first-order valence-corrected chi connectivity index (χ1v) is 6.14. The van der Waals surface area contributed by atoms with Crippen molar-refractivity contribution in [3.05, 3.63) is 34.9 Å². The lowest BCUT2D eigenvalue weighted by Gasteiger charge is -2.12. The predicted molar refractivity (Wildman–Crippen MR) is 68.9 cm³/mol. The van der Waals surface area contributed by atoms with Crippen molar-refractivity contribution in [3.8, 4) is 6.07 Å². The van der Waals surface area contributed by atoms with Crippen molar-refractivity contribution in [1.29, 1.82) is 5.26 Å². The van der Waals surface area contributed by atoms with Crippen LogP contribution in [0.5, 0.6) is 0 Å². The second kappa shape index (κ2) is 6.42. The molecule has 0 heterocycles. The smallest absolute Gasteiger partial charge is 0.154 e. The molecule has 1 aromatic carbocycles. The number of halogens is 1. The van der Waals surface area contributed by atoms with E-state index in [0.717, 1.165) is 6.42 Å². The number of Topliss-reactive ketones (excluding diaryl/α,β-unsaturated/α-hetero) is 1. The van der Waals surface area contributed by atoms with Gasteiger partial charge in [0, 0.05) is 11.4 Å². The highest BCUT2D eigenvalue weighted by molar-refractivity contribution is 6.30. The summed E-state index contributed by atoms with van der Waals surface area (Å²) in [5.41, 5.74) is 0.688. The molecule has 3 heteroatoms. The molecule has 0 aliphatic rings. The van der Waals surface area contributed by atoms with Crippen LogP contribution in [-0.2, 0) is 4.79 Å². The monoisotopic (exact) mass is 249 g/mol. The van der Waals surface area contributed by atoms with Crippen molar-refractivity contribution in [2.75, 3.05) is 0 Å². The number of hydrogen-bond donors (Lipinski definition) is 0. The maximum Gasteiger partial charge on any atom is 0.154 e. The van der Waals surface area contributed by atoms with E-state index >= 15 is 0 Å². The zero-order chi connectivity index (χ0) is 12.8. The van der Waals surface area contributed by atoms with Crippen LogP contribution in [0.25, 0.3) is 0 Å². The SMILES string of the molecule is CCC(C)CC(=O)C(C#N)c1cccc(Cl)c1. The Balaban J connectivity index is 2.86. The van der Waals surface area contributed by atoms with Gasteiger partial charge in [0.1, 0.15) is 5.92 Å². The first-order valence-electron chi connectivity index (χ1n) is 5.76. The highest BCUT2D eigenvalue weighted by Crippen LogP contribution is 2.23. The molecule has 2 atom stereocenters. The molecule has 1 rings (SSSR count). The fourth-order valence-electron chi connectivity index (χ4n) is 1.62. The number of hydrogen-bond acceptors (Lipinski definition) is 2. The highest BCUT2D eigenvalue weighted by atomic mass is 35.5. The van der Waals surface area contributed by atoms with E-state index in [0.29, 0.717) is 22.9 Å². The second-order valence-corrected chi connectivity index (χ2v) is 4.74. The van der Waals surface area contributed by atoms with Gasteiger partial charge in [0.2, 0.25) is 0 Å². The molecule has 0 aromatic heterocycles. The minimum absolute atomic E-state index is 0.0240. The topological polar surface area (TPSA) is 40.9 Å². The minimum Gasteiger partial charge on any atom is -0.298 e. The van der Waals surface area contributed by atoms with Gasteiger partial charge < -0.3 is 0 Å². The van der Waals surface area contributed by atoms with E-state index in [4.69, 9.17) is 16.9 Å². The Morgan fingerprint density at radius 1 is 1.53 bits per heavy atom. The van der Waals surface area contributed by atoms with Crippen molar-refractivity contribution < 1.29 is 4.79 Å². The standard InChI is InChI=1S/C14H16ClNO/c1-3-10(2)7-14(17)13(9-16)11-5-4-6-12(15)8-11/h4-6,8,10,13H,3,7H2,1-2H3. The quantitative estimate of drug-likeness (QED) is 0.793. The average molecular weight is 250 g/mol. The summed E-state index contributed by atoms with van der Waals surface area (Å²) in [5.74, 6) is -0.399. The van der Waals surface area contributed by atoms with Gasteiger partial charge in [0.25, 0.3) is 0 Å². The number of carbonyl (C=O) groups is 1. The molecule has 2 unspecified atom stereocenters. The maximum absolute atomic E-state index is 12.0. The van der Waals surface area contributed by atoms with Gasteiger partial charge in [-0.2, -0.15) is 5.26 Å². The van der Waals surface area contributed by atoms with E-state index in [2.05, 4.69) is 6.07 Å². The van der Waals surface area contributed by atoms with Gasteiger partial charge in [-0.25, -0.2) is 0 Å². The van der Waals surface area contributed by atoms with Gasteiger partial charge in [0.05, 0.1) is 6.07 Å².